The van der Waals surface area contributed by atoms with Crippen LogP contribution in [-0.2, 0) is 6.54 Å². The number of nitrogens with one attached hydrogen (secondary N) is 1. The van der Waals surface area contributed by atoms with Gasteiger partial charge in [0.05, 0.1) is 6.54 Å². The summed E-state index contributed by atoms with van der Waals surface area (Å²) in [7, 11) is 0. The molecule has 84 valence electrons. The maximum atomic E-state index is 10.5. The van der Waals surface area contributed by atoms with Crippen molar-refractivity contribution in [2.24, 2.45) is 0 Å². The minimum absolute atomic E-state index is 0.102. The predicted molar refractivity (Wildman–Crippen MR) is 62.8 cm³/mol. The summed E-state index contributed by atoms with van der Waals surface area (Å²) in [4.78, 5) is 15.4. The first-order chi connectivity index (χ1) is 7.65. The van der Waals surface area contributed by atoms with Gasteiger partial charge in [0.15, 0.2) is 5.69 Å². The third-order valence-corrected chi connectivity index (χ3v) is 3.46. The summed E-state index contributed by atoms with van der Waals surface area (Å²) in [6.07, 6.45) is 1.11. The Balaban J connectivity index is 1.97. The number of hydrogen-bond acceptors (Lipinski definition) is 5. The third-order valence-electron chi connectivity index (χ3n) is 1.76. The Hall–Kier alpha value is -1.34. The number of aromatic carboxylic acids is 1. The highest BCUT2D eigenvalue weighted by Gasteiger charge is 2.09. The molecule has 7 heteroatoms. The molecule has 0 aliphatic rings. The maximum Gasteiger partial charge on any atom is 0.357 e. The average Bonchev–Trinajstić information content (AvgIpc) is 2.83. The average molecular weight is 303 g/mol. The smallest absolute Gasteiger partial charge is 0.357 e. The van der Waals surface area contributed by atoms with Gasteiger partial charge in [-0.2, -0.15) is 4.98 Å². The molecule has 0 aromatic carbocycles. The van der Waals surface area contributed by atoms with Gasteiger partial charge in [-0.05, 0) is 22.0 Å². The van der Waals surface area contributed by atoms with Crippen LogP contribution in [-0.4, -0.2) is 16.1 Å². The van der Waals surface area contributed by atoms with E-state index in [1.54, 1.807) is 11.3 Å². The SMILES string of the molecule is O=C(O)c1coc(NCc2cc(Br)cs2)n1. The van der Waals surface area contributed by atoms with E-state index in [1.165, 1.54) is 0 Å². The van der Waals surface area contributed by atoms with E-state index in [-0.39, 0.29) is 11.7 Å². The number of anilines is 1. The molecule has 16 heavy (non-hydrogen) atoms. The number of nitrogens with zero attached hydrogens (tertiary/aromatic N) is 1. The first kappa shape index (κ1) is 11.2. The topological polar surface area (TPSA) is 75.4 Å². The van der Waals surface area contributed by atoms with Crippen molar-refractivity contribution < 1.29 is 14.3 Å². The standard InChI is InChI=1S/C9H7BrN2O3S/c10-5-1-6(16-4-5)2-11-9-12-7(3-15-9)8(13)14/h1,3-4H,2H2,(H,11,12)(H,13,14). The van der Waals surface area contributed by atoms with Crippen molar-refractivity contribution in [1.82, 2.24) is 4.98 Å². The van der Waals surface area contributed by atoms with Crippen LogP contribution in [0, 0.1) is 0 Å². The van der Waals surface area contributed by atoms with Gasteiger partial charge in [0, 0.05) is 14.7 Å². The molecule has 0 aliphatic heterocycles. The second-order valence-corrected chi connectivity index (χ2v) is 4.84. The van der Waals surface area contributed by atoms with Gasteiger partial charge in [0.1, 0.15) is 6.26 Å². The molecular weight excluding hydrogens is 296 g/mol. The second-order valence-electron chi connectivity index (χ2n) is 2.93. The zero-order valence-electron chi connectivity index (χ0n) is 7.94. The fourth-order valence-electron chi connectivity index (χ4n) is 1.06. The van der Waals surface area contributed by atoms with E-state index in [9.17, 15) is 4.79 Å². The van der Waals surface area contributed by atoms with Gasteiger partial charge in [-0.3, -0.25) is 0 Å². The summed E-state index contributed by atoms with van der Waals surface area (Å²) in [6, 6.07) is 2.18. The number of halogens is 1. The van der Waals surface area contributed by atoms with E-state index in [4.69, 9.17) is 9.52 Å². The summed E-state index contributed by atoms with van der Waals surface area (Å²) in [5, 5.41) is 13.5. The molecule has 0 saturated heterocycles. The molecule has 0 aliphatic carbocycles. The van der Waals surface area contributed by atoms with Crippen LogP contribution in [0.3, 0.4) is 0 Å². The van der Waals surface area contributed by atoms with Crippen LogP contribution in [0.5, 0.6) is 0 Å². The number of thiophene rings is 1. The predicted octanol–water partition coefficient (Wildman–Crippen LogP) is 2.81. The number of rotatable bonds is 4. The number of oxazole rings is 1. The van der Waals surface area contributed by atoms with Gasteiger partial charge in [-0.25, -0.2) is 4.79 Å². The zero-order chi connectivity index (χ0) is 11.5. The number of hydrogen-bond donors (Lipinski definition) is 2. The number of aromatic nitrogens is 1. The first-order valence-electron chi connectivity index (χ1n) is 4.31. The summed E-state index contributed by atoms with van der Waals surface area (Å²) < 4.78 is 5.97. The fourth-order valence-corrected chi connectivity index (χ4v) is 2.45. The summed E-state index contributed by atoms with van der Waals surface area (Å²) >= 11 is 4.93. The highest BCUT2D eigenvalue weighted by atomic mass is 79.9. The largest absolute Gasteiger partial charge is 0.476 e. The van der Waals surface area contributed by atoms with E-state index in [0.717, 1.165) is 15.6 Å². The minimum Gasteiger partial charge on any atom is -0.476 e. The molecule has 0 unspecified atom stereocenters. The summed E-state index contributed by atoms with van der Waals surface area (Å²) in [5.41, 5.74) is -0.102. The highest BCUT2D eigenvalue weighted by molar-refractivity contribution is 9.10. The lowest BCUT2D eigenvalue weighted by Gasteiger charge is -1.97. The van der Waals surface area contributed by atoms with Crippen molar-refractivity contribution in [2.75, 3.05) is 5.32 Å². The number of carboxylic acids is 1. The molecule has 0 spiro atoms. The van der Waals surface area contributed by atoms with Crippen molar-refractivity contribution in [2.45, 2.75) is 6.54 Å². The lowest BCUT2D eigenvalue weighted by Crippen LogP contribution is -2.00. The van der Waals surface area contributed by atoms with Crippen LogP contribution in [0.2, 0.25) is 0 Å². The van der Waals surface area contributed by atoms with Crippen LogP contribution in [0.25, 0.3) is 0 Å². The first-order valence-corrected chi connectivity index (χ1v) is 5.98. The van der Waals surface area contributed by atoms with E-state index >= 15 is 0 Å². The van der Waals surface area contributed by atoms with Gasteiger partial charge in [-0.1, -0.05) is 0 Å². The fraction of sp³-hybridized carbons (Fsp3) is 0.111. The Morgan fingerprint density at radius 2 is 2.50 bits per heavy atom. The van der Waals surface area contributed by atoms with Crippen LogP contribution in [0.15, 0.2) is 26.6 Å². The quantitative estimate of drug-likeness (QED) is 0.908. The second kappa shape index (κ2) is 4.67. The van der Waals surface area contributed by atoms with Crippen molar-refractivity contribution in [3.8, 4) is 0 Å². The van der Waals surface area contributed by atoms with Gasteiger partial charge in [-0.15, -0.1) is 11.3 Å². The Labute approximate surface area is 103 Å². The van der Waals surface area contributed by atoms with Gasteiger partial charge < -0.3 is 14.8 Å². The lowest BCUT2D eigenvalue weighted by atomic mass is 10.5. The van der Waals surface area contributed by atoms with Crippen LogP contribution < -0.4 is 5.32 Å². The maximum absolute atomic E-state index is 10.5. The van der Waals surface area contributed by atoms with E-state index < -0.39 is 5.97 Å². The molecule has 2 N–H and O–H groups in total. The molecule has 5 nitrogen and oxygen atoms in total. The molecule has 0 amide bonds. The molecule has 0 radical (unpaired) electrons. The summed E-state index contributed by atoms with van der Waals surface area (Å²) in [5.74, 6) is -1.10. The molecular formula is C9H7BrN2O3S. The van der Waals surface area contributed by atoms with Crippen molar-refractivity contribution in [3.05, 3.63) is 32.8 Å². The Bertz CT molecular complexity index is 508. The summed E-state index contributed by atoms with van der Waals surface area (Å²) in [6.45, 7) is 0.551. The van der Waals surface area contributed by atoms with E-state index in [0.29, 0.717) is 6.54 Å². The van der Waals surface area contributed by atoms with Crippen molar-refractivity contribution >= 4 is 39.3 Å². The lowest BCUT2D eigenvalue weighted by molar-refractivity contribution is 0.0690. The number of carboxylic acid groups (broad SMARTS) is 1. The monoisotopic (exact) mass is 302 g/mol. The van der Waals surface area contributed by atoms with Crippen molar-refractivity contribution in [3.63, 3.8) is 0 Å². The molecule has 0 atom stereocenters. The van der Waals surface area contributed by atoms with Gasteiger partial charge >= 0.3 is 5.97 Å². The normalized spacial score (nSPS) is 10.3. The van der Waals surface area contributed by atoms with Crippen LogP contribution in [0.4, 0.5) is 6.01 Å². The van der Waals surface area contributed by atoms with Gasteiger partial charge in [0.25, 0.3) is 6.01 Å². The Morgan fingerprint density at radius 3 is 3.06 bits per heavy atom. The zero-order valence-corrected chi connectivity index (χ0v) is 10.3. The Kier molecular flexibility index (Phi) is 3.25. The van der Waals surface area contributed by atoms with Crippen LogP contribution in [0.1, 0.15) is 15.4 Å². The molecule has 2 rings (SSSR count). The minimum atomic E-state index is -1.10. The van der Waals surface area contributed by atoms with Crippen LogP contribution >= 0.6 is 27.3 Å². The molecule has 0 saturated carbocycles. The molecule has 0 bridgehead atoms. The Morgan fingerprint density at radius 1 is 1.69 bits per heavy atom. The molecule has 2 aromatic rings. The highest BCUT2D eigenvalue weighted by Crippen LogP contribution is 2.20. The van der Waals surface area contributed by atoms with Crippen molar-refractivity contribution in [1.29, 1.82) is 0 Å². The van der Waals surface area contributed by atoms with Gasteiger partial charge in [0.2, 0.25) is 0 Å². The van der Waals surface area contributed by atoms with E-state index in [1.807, 2.05) is 11.4 Å². The van der Waals surface area contributed by atoms with E-state index in [2.05, 4.69) is 26.2 Å². The molecule has 0 fully saturated rings. The third kappa shape index (κ3) is 2.61. The molecule has 2 heterocycles. The number of carbonyl (C=O) groups is 1. The molecule has 2 aromatic heterocycles.